The fraction of sp³-hybridized carbons (Fsp3) is 0.417. The van der Waals surface area contributed by atoms with Gasteiger partial charge < -0.3 is 9.32 Å². The fourth-order valence-corrected chi connectivity index (χ4v) is 4.74. The van der Waals surface area contributed by atoms with Crippen molar-refractivity contribution in [2.24, 2.45) is 11.8 Å². The smallest absolute Gasteiger partial charge is 0.278 e. The van der Waals surface area contributed by atoms with Crippen LogP contribution in [0.2, 0.25) is 0 Å². The van der Waals surface area contributed by atoms with Crippen LogP contribution in [0, 0.1) is 25.7 Å². The van der Waals surface area contributed by atoms with Crippen LogP contribution < -0.4 is 0 Å². The van der Waals surface area contributed by atoms with E-state index in [2.05, 4.69) is 24.8 Å². The molecule has 2 aromatic rings. The predicted octanol–water partition coefficient (Wildman–Crippen LogP) is 4.15. The van der Waals surface area contributed by atoms with Gasteiger partial charge in [-0.05, 0) is 55.4 Å². The SMILES string of the molecule is Cc1ccc(C2=C(N3CC(C)CC(C)C3)C(=O)N(Cc3ccco3)C2=O)c(C)c1. The molecule has 4 rings (SSSR count). The van der Waals surface area contributed by atoms with Crippen molar-refractivity contribution in [3.8, 4) is 0 Å². The molecule has 3 heterocycles. The first-order chi connectivity index (χ1) is 13.8. The monoisotopic (exact) mass is 392 g/mol. The molecule has 1 fully saturated rings. The van der Waals surface area contributed by atoms with E-state index in [1.807, 2.05) is 26.0 Å². The molecule has 0 bridgehead atoms. The van der Waals surface area contributed by atoms with E-state index in [0.717, 1.165) is 36.2 Å². The van der Waals surface area contributed by atoms with Gasteiger partial charge in [-0.2, -0.15) is 0 Å². The van der Waals surface area contributed by atoms with Crippen molar-refractivity contribution in [3.63, 3.8) is 0 Å². The molecule has 1 aromatic carbocycles. The second kappa shape index (κ2) is 7.54. The Morgan fingerprint density at radius 2 is 1.76 bits per heavy atom. The second-order valence-corrected chi connectivity index (χ2v) is 8.67. The van der Waals surface area contributed by atoms with Gasteiger partial charge >= 0.3 is 0 Å². The van der Waals surface area contributed by atoms with Gasteiger partial charge in [0.2, 0.25) is 0 Å². The Labute approximate surface area is 172 Å². The fourth-order valence-electron chi connectivity index (χ4n) is 4.74. The second-order valence-electron chi connectivity index (χ2n) is 8.67. The molecule has 1 aromatic heterocycles. The Morgan fingerprint density at radius 1 is 1.03 bits per heavy atom. The van der Waals surface area contributed by atoms with Gasteiger partial charge in [-0.25, -0.2) is 0 Å². The van der Waals surface area contributed by atoms with Gasteiger partial charge in [0.05, 0.1) is 18.4 Å². The van der Waals surface area contributed by atoms with Crippen molar-refractivity contribution >= 4 is 17.4 Å². The highest BCUT2D eigenvalue weighted by atomic mass is 16.3. The lowest BCUT2D eigenvalue weighted by Crippen LogP contribution is -2.41. The van der Waals surface area contributed by atoms with Crippen LogP contribution in [-0.4, -0.2) is 34.7 Å². The van der Waals surface area contributed by atoms with Gasteiger partial charge in [-0.3, -0.25) is 14.5 Å². The number of piperidine rings is 1. The van der Waals surface area contributed by atoms with Gasteiger partial charge in [0, 0.05) is 13.1 Å². The Kier molecular flexibility index (Phi) is 5.07. The molecule has 2 unspecified atom stereocenters. The average molecular weight is 392 g/mol. The number of benzene rings is 1. The molecule has 2 aliphatic rings. The normalized spacial score (nSPS) is 22.8. The van der Waals surface area contributed by atoms with Crippen molar-refractivity contribution in [1.82, 2.24) is 9.80 Å². The highest BCUT2D eigenvalue weighted by molar-refractivity contribution is 6.35. The molecule has 0 radical (unpaired) electrons. The van der Waals surface area contributed by atoms with E-state index in [9.17, 15) is 9.59 Å². The summed E-state index contributed by atoms with van der Waals surface area (Å²) < 4.78 is 5.41. The molecule has 5 heteroatoms. The van der Waals surface area contributed by atoms with Crippen LogP contribution in [0.25, 0.3) is 5.57 Å². The molecule has 0 aliphatic carbocycles. The quantitative estimate of drug-likeness (QED) is 0.734. The van der Waals surface area contributed by atoms with Crippen LogP contribution in [0.4, 0.5) is 0 Å². The first-order valence-corrected chi connectivity index (χ1v) is 10.3. The molecular formula is C24H28N2O3. The van der Waals surface area contributed by atoms with Gasteiger partial charge in [-0.15, -0.1) is 0 Å². The van der Waals surface area contributed by atoms with Crippen LogP contribution in [0.1, 0.15) is 42.7 Å². The summed E-state index contributed by atoms with van der Waals surface area (Å²) in [7, 11) is 0. The zero-order chi connectivity index (χ0) is 20.7. The first-order valence-electron chi connectivity index (χ1n) is 10.3. The van der Waals surface area contributed by atoms with E-state index < -0.39 is 0 Å². The van der Waals surface area contributed by atoms with E-state index in [0.29, 0.717) is 28.9 Å². The summed E-state index contributed by atoms with van der Waals surface area (Å²) in [6.45, 7) is 10.2. The highest BCUT2D eigenvalue weighted by Gasteiger charge is 2.43. The van der Waals surface area contributed by atoms with Gasteiger partial charge in [0.25, 0.3) is 11.8 Å². The van der Waals surface area contributed by atoms with Gasteiger partial charge in [-0.1, -0.05) is 37.6 Å². The van der Waals surface area contributed by atoms with Crippen LogP contribution >= 0.6 is 0 Å². The van der Waals surface area contributed by atoms with E-state index in [-0.39, 0.29) is 18.4 Å². The van der Waals surface area contributed by atoms with E-state index >= 15 is 0 Å². The molecule has 1 saturated heterocycles. The standard InChI is InChI=1S/C24H28N2O3/c1-15-7-8-20(18(4)11-15)21-22(25-12-16(2)10-17(3)13-25)24(28)26(23(21)27)14-19-6-5-9-29-19/h5-9,11,16-17H,10,12-14H2,1-4H3. The summed E-state index contributed by atoms with van der Waals surface area (Å²) in [5.74, 6) is 1.11. The van der Waals surface area contributed by atoms with Crippen LogP contribution in [0.3, 0.4) is 0 Å². The summed E-state index contributed by atoms with van der Waals surface area (Å²) >= 11 is 0. The summed E-state index contributed by atoms with van der Waals surface area (Å²) in [6.07, 6.45) is 2.70. The number of hydrogen-bond donors (Lipinski definition) is 0. The van der Waals surface area contributed by atoms with Crippen molar-refractivity contribution in [2.75, 3.05) is 13.1 Å². The molecule has 2 aliphatic heterocycles. The molecule has 0 saturated carbocycles. The third kappa shape index (κ3) is 3.61. The lowest BCUT2D eigenvalue weighted by molar-refractivity contribution is -0.138. The lowest BCUT2D eigenvalue weighted by Gasteiger charge is -2.37. The Balaban J connectivity index is 1.80. The third-order valence-electron chi connectivity index (χ3n) is 5.87. The predicted molar refractivity (Wildman–Crippen MR) is 112 cm³/mol. The van der Waals surface area contributed by atoms with Crippen LogP contribution in [0.15, 0.2) is 46.7 Å². The van der Waals surface area contributed by atoms with Gasteiger partial charge in [0.15, 0.2) is 0 Å². The number of rotatable bonds is 4. The van der Waals surface area contributed by atoms with Crippen molar-refractivity contribution in [2.45, 2.75) is 40.7 Å². The molecule has 29 heavy (non-hydrogen) atoms. The Bertz CT molecular complexity index is 964. The van der Waals surface area contributed by atoms with Gasteiger partial charge in [0.1, 0.15) is 11.5 Å². The van der Waals surface area contributed by atoms with E-state index in [4.69, 9.17) is 4.42 Å². The Morgan fingerprint density at radius 3 is 2.38 bits per heavy atom. The topological polar surface area (TPSA) is 53.8 Å². The maximum absolute atomic E-state index is 13.5. The van der Waals surface area contributed by atoms with E-state index in [1.54, 1.807) is 18.4 Å². The summed E-state index contributed by atoms with van der Waals surface area (Å²) in [5.41, 5.74) is 4.07. The molecule has 2 amide bonds. The molecule has 152 valence electrons. The molecular weight excluding hydrogens is 364 g/mol. The number of carbonyl (C=O) groups is 2. The first kappa shape index (κ1) is 19.5. The minimum absolute atomic E-state index is 0.154. The summed E-state index contributed by atoms with van der Waals surface area (Å²) in [6, 6.07) is 9.60. The number of furan rings is 1. The largest absolute Gasteiger partial charge is 0.467 e. The number of amides is 2. The zero-order valence-electron chi connectivity index (χ0n) is 17.6. The number of hydrogen-bond acceptors (Lipinski definition) is 4. The average Bonchev–Trinajstić information content (AvgIpc) is 3.23. The summed E-state index contributed by atoms with van der Waals surface area (Å²) in [4.78, 5) is 30.4. The maximum atomic E-state index is 13.5. The van der Waals surface area contributed by atoms with Crippen molar-refractivity contribution < 1.29 is 14.0 Å². The number of nitrogens with zero attached hydrogens (tertiary/aromatic N) is 2. The van der Waals surface area contributed by atoms with Crippen LogP contribution in [-0.2, 0) is 16.1 Å². The minimum Gasteiger partial charge on any atom is -0.467 e. The van der Waals surface area contributed by atoms with E-state index in [1.165, 1.54) is 4.90 Å². The lowest BCUT2D eigenvalue weighted by atomic mass is 9.90. The Hall–Kier alpha value is -2.82. The molecule has 0 N–H and O–H groups in total. The number of carbonyl (C=O) groups excluding carboxylic acids is 2. The number of aryl methyl sites for hydroxylation is 2. The van der Waals surface area contributed by atoms with Crippen LogP contribution in [0.5, 0.6) is 0 Å². The highest BCUT2D eigenvalue weighted by Crippen LogP contribution is 2.37. The molecule has 5 nitrogen and oxygen atoms in total. The number of imide groups is 1. The zero-order valence-corrected chi connectivity index (χ0v) is 17.6. The third-order valence-corrected chi connectivity index (χ3v) is 5.87. The minimum atomic E-state index is -0.237. The maximum Gasteiger partial charge on any atom is 0.278 e. The number of likely N-dealkylation sites (tertiary alicyclic amines) is 1. The molecule has 0 spiro atoms. The summed E-state index contributed by atoms with van der Waals surface area (Å²) in [5, 5.41) is 0. The van der Waals surface area contributed by atoms with Crippen molar-refractivity contribution in [3.05, 3.63) is 64.7 Å². The van der Waals surface area contributed by atoms with Crippen molar-refractivity contribution in [1.29, 1.82) is 0 Å². The molecule has 2 atom stereocenters.